The van der Waals surface area contributed by atoms with E-state index in [4.69, 9.17) is 0 Å². The van der Waals surface area contributed by atoms with Gasteiger partial charge in [-0.25, -0.2) is 0 Å². The van der Waals surface area contributed by atoms with E-state index in [1.165, 1.54) is 122 Å². The monoisotopic (exact) mass is 1070 g/mol. The fourth-order valence-corrected chi connectivity index (χ4v) is 12.9. The largest absolute Gasteiger partial charge is 0.309 e. The number of para-hydroxylation sites is 4. The van der Waals surface area contributed by atoms with Gasteiger partial charge in [-0.15, -0.1) is 0 Å². The van der Waals surface area contributed by atoms with Crippen molar-refractivity contribution in [3.05, 3.63) is 261 Å². The first kappa shape index (κ1) is 48.1. The average Bonchev–Trinajstić information content (AvgIpc) is 4.16. The number of hydrogen-bond donors (Lipinski definition) is 0. The van der Waals surface area contributed by atoms with Crippen LogP contribution in [0.1, 0.15) is 75.9 Å². The average molecular weight is 1080 g/mol. The van der Waals surface area contributed by atoms with E-state index in [-0.39, 0.29) is 25.7 Å². The van der Waals surface area contributed by atoms with Crippen molar-refractivity contribution in [1.29, 1.82) is 0 Å². The van der Waals surface area contributed by atoms with Gasteiger partial charge in [0.25, 0.3) is 0 Å². The molecule has 358 valence electrons. The Morgan fingerprint density at radius 3 is 0.959 bits per heavy atom. The van der Waals surface area contributed by atoms with Crippen molar-refractivity contribution < 1.29 is 0 Å². The lowest BCUT2D eigenvalue weighted by atomic mass is 9.82. The number of benzene rings is 10. The summed E-state index contributed by atoms with van der Waals surface area (Å²) in [6.45, 7) is 9.33. The van der Waals surface area contributed by atoms with Crippen LogP contribution in [0, 0.1) is 0 Å². The first-order valence-electron chi connectivity index (χ1n) is 24.6. The Balaban J connectivity index is 0.000000147. The molecule has 0 saturated carbocycles. The van der Waals surface area contributed by atoms with Gasteiger partial charge in [-0.2, -0.15) is 0 Å². The molecule has 73 heavy (non-hydrogen) atoms. The fraction of sp³-hybridized carbons (Fsp3) is 0.130. The molecule has 10 aromatic carbocycles. The standard InChI is InChI=1S/C39H28N2.C15H12Br2.C13H10.2CH4/c1-39(2)33-23-25(40-35-15-7-3-11-29(35)30-12-4-8-16-36(30)40)19-21-27(33)28-22-20-26(24-34(28)39)41-37-17-9-5-13-31(37)32-14-6-10-18-38(32)41;1-15(2)13-7-9(16)3-5-11(13)12-6-4-10(17)8-14(12)15;1-3-7-12-10(5-1)9-11-6-2-4-8-13(11)12;;/h3-24H,1-2H3;3-8H,1-2H3;1-8H,9H2;2*1H4. The van der Waals surface area contributed by atoms with E-state index < -0.39 is 0 Å². The molecule has 0 atom stereocenters. The zero-order valence-electron chi connectivity index (χ0n) is 40.1. The molecule has 0 N–H and O–H groups in total. The fourth-order valence-electron chi connectivity index (χ4n) is 12.2. The topological polar surface area (TPSA) is 9.86 Å². The summed E-state index contributed by atoms with van der Waals surface area (Å²) in [4.78, 5) is 0. The van der Waals surface area contributed by atoms with Crippen molar-refractivity contribution in [2.75, 3.05) is 0 Å². The van der Waals surface area contributed by atoms with Gasteiger partial charge in [0.05, 0.1) is 22.1 Å². The minimum atomic E-state index is -0.131. The van der Waals surface area contributed by atoms with Crippen LogP contribution in [0.2, 0.25) is 0 Å². The van der Waals surface area contributed by atoms with Gasteiger partial charge in [-0.3, -0.25) is 0 Å². The molecule has 2 heterocycles. The van der Waals surface area contributed by atoms with Crippen molar-refractivity contribution in [3.63, 3.8) is 0 Å². The molecule has 0 bridgehead atoms. The van der Waals surface area contributed by atoms with Crippen LogP contribution in [0.25, 0.3) is 88.4 Å². The molecule has 3 aliphatic rings. The molecule has 0 radical (unpaired) electrons. The van der Waals surface area contributed by atoms with E-state index in [0.29, 0.717) is 0 Å². The highest BCUT2D eigenvalue weighted by Gasteiger charge is 2.37. The lowest BCUT2D eigenvalue weighted by molar-refractivity contribution is 0.659. The Morgan fingerprint density at radius 1 is 0.315 bits per heavy atom. The van der Waals surface area contributed by atoms with E-state index >= 15 is 0 Å². The molecule has 3 aliphatic carbocycles. The zero-order valence-corrected chi connectivity index (χ0v) is 43.3. The summed E-state index contributed by atoms with van der Waals surface area (Å²) in [5.41, 5.74) is 24.1. The molecule has 2 nitrogen and oxygen atoms in total. The van der Waals surface area contributed by atoms with Gasteiger partial charge < -0.3 is 9.13 Å². The van der Waals surface area contributed by atoms with Crippen molar-refractivity contribution in [3.8, 4) is 44.8 Å². The lowest BCUT2D eigenvalue weighted by Gasteiger charge is -2.23. The van der Waals surface area contributed by atoms with Gasteiger partial charge in [0.1, 0.15) is 0 Å². The molecule has 15 rings (SSSR count). The Labute approximate surface area is 446 Å². The highest BCUT2D eigenvalue weighted by molar-refractivity contribution is 9.10. The maximum absolute atomic E-state index is 3.57. The lowest BCUT2D eigenvalue weighted by Crippen LogP contribution is -2.16. The number of halogens is 2. The second kappa shape index (κ2) is 18.4. The van der Waals surface area contributed by atoms with Crippen molar-refractivity contribution in [2.24, 2.45) is 0 Å². The molecule has 0 saturated heterocycles. The van der Waals surface area contributed by atoms with E-state index in [1.807, 2.05) is 0 Å². The van der Waals surface area contributed by atoms with Crippen LogP contribution in [-0.2, 0) is 17.3 Å². The van der Waals surface area contributed by atoms with Gasteiger partial charge in [0, 0.05) is 52.7 Å². The SMILES string of the molecule is C.C.CC1(C)c2cc(-n3c4ccccc4c4ccccc43)ccc2-c2ccc(-n3c4ccccc4c4ccccc43)cc21.CC1(C)c2cc(Br)ccc2-c2ccc(Br)cc21.c1ccc2c(c1)Cc1ccccc1-2. The van der Waals surface area contributed by atoms with Crippen LogP contribution in [-0.4, -0.2) is 9.13 Å². The minimum absolute atomic E-state index is 0. The maximum atomic E-state index is 3.57. The van der Waals surface area contributed by atoms with E-state index in [2.05, 4.69) is 287 Å². The molecule has 0 fully saturated rings. The van der Waals surface area contributed by atoms with Gasteiger partial charge in [0.2, 0.25) is 0 Å². The third-order valence-corrected chi connectivity index (χ3v) is 16.6. The van der Waals surface area contributed by atoms with Crippen LogP contribution in [0.4, 0.5) is 0 Å². The summed E-state index contributed by atoms with van der Waals surface area (Å²) in [7, 11) is 0. The number of nitrogens with zero attached hydrogens (tertiary/aromatic N) is 2. The minimum Gasteiger partial charge on any atom is -0.309 e. The molecule has 0 amide bonds. The van der Waals surface area contributed by atoms with Crippen LogP contribution in [0.15, 0.2) is 227 Å². The molecule has 4 heteroatoms. The third kappa shape index (κ3) is 7.64. The molecule has 0 spiro atoms. The number of fused-ring (bicyclic) bond motifs is 15. The summed E-state index contributed by atoms with van der Waals surface area (Å²) >= 11 is 7.13. The quantitative estimate of drug-likeness (QED) is 0.163. The number of hydrogen-bond acceptors (Lipinski definition) is 0. The van der Waals surface area contributed by atoms with E-state index in [1.54, 1.807) is 0 Å². The van der Waals surface area contributed by atoms with Crippen LogP contribution in [0.5, 0.6) is 0 Å². The second-order valence-electron chi connectivity index (χ2n) is 20.3. The van der Waals surface area contributed by atoms with Crippen molar-refractivity contribution >= 4 is 75.5 Å². The number of aromatic nitrogens is 2. The smallest absolute Gasteiger partial charge is 0.0541 e. The molecular weight excluding hydrogens is 1020 g/mol. The van der Waals surface area contributed by atoms with Gasteiger partial charge in [0.15, 0.2) is 0 Å². The predicted molar refractivity (Wildman–Crippen MR) is 320 cm³/mol. The predicted octanol–water partition coefficient (Wildman–Crippen LogP) is 20.2. The molecule has 0 unspecified atom stereocenters. The third-order valence-electron chi connectivity index (χ3n) is 15.6. The maximum Gasteiger partial charge on any atom is 0.0541 e. The Hall–Kier alpha value is -7.24. The zero-order chi connectivity index (χ0) is 48.2. The van der Waals surface area contributed by atoms with Crippen molar-refractivity contribution in [2.45, 2.75) is 59.8 Å². The summed E-state index contributed by atoms with van der Waals surface area (Å²) in [6, 6.07) is 79.5. The first-order valence-corrected chi connectivity index (χ1v) is 26.2. The highest BCUT2D eigenvalue weighted by Crippen LogP contribution is 2.52. The van der Waals surface area contributed by atoms with E-state index in [9.17, 15) is 0 Å². The molecular formula is C69H58Br2N2. The summed E-state index contributed by atoms with van der Waals surface area (Å²) in [6.07, 6.45) is 1.10. The number of rotatable bonds is 2. The second-order valence-corrected chi connectivity index (χ2v) is 22.2. The summed E-state index contributed by atoms with van der Waals surface area (Å²) in [5, 5.41) is 5.17. The first-order chi connectivity index (χ1) is 34.6. The van der Waals surface area contributed by atoms with Gasteiger partial charge >= 0.3 is 0 Å². The summed E-state index contributed by atoms with van der Waals surface area (Å²) in [5.74, 6) is 0. The molecule has 0 aliphatic heterocycles. The van der Waals surface area contributed by atoms with Crippen LogP contribution in [0.3, 0.4) is 0 Å². The van der Waals surface area contributed by atoms with E-state index in [0.717, 1.165) is 15.4 Å². The molecule has 2 aromatic heterocycles. The normalized spacial score (nSPS) is 13.6. The summed E-state index contributed by atoms with van der Waals surface area (Å²) < 4.78 is 7.15. The Bertz CT molecular complexity index is 3760. The van der Waals surface area contributed by atoms with Crippen molar-refractivity contribution in [1.82, 2.24) is 9.13 Å². The van der Waals surface area contributed by atoms with Crippen LogP contribution >= 0.6 is 31.9 Å². The van der Waals surface area contributed by atoms with Crippen LogP contribution < -0.4 is 0 Å². The van der Waals surface area contributed by atoms with Gasteiger partial charge in [-0.1, -0.05) is 220 Å². The molecule has 12 aromatic rings. The Kier molecular flexibility index (Phi) is 12.1. The van der Waals surface area contributed by atoms with Gasteiger partial charge in [-0.05, 0) is 146 Å². The Morgan fingerprint density at radius 2 is 0.603 bits per heavy atom. The highest BCUT2D eigenvalue weighted by atomic mass is 79.9.